The van der Waals surface area contributed by atoms with Gasteiger partial charge in [-0.25, -0.2) is 15.0 Å². The van der Waals surface area contributed by atoms with E-state index in [2.05, 4.69) is 158 Å². The van der Waals surface area contributed by atoms with Gasteiger partial charge >= 0.3 is 0 Å². The van der Waals surface area contributed by atoms with Crippen LogP contribution >= 0.6 is 0 Å². The molecule has 0 N–H and O–H groups in total. The fourth-order valence-electron chi connectivity index (χ4n) is 8.62. The molecular weight excluding hydrogens is 711 g/mol. The lowest BCUT2D eigenvalue weighted by molar-refractivity contribution is 0.668. The number of allylic oxidation sites excluding steroid dienone is 4. The number of furan rings is 2. The summed E-state index contributed by atoms with van der Waals surface area (Å²) in [4.78, 5) is 15.2. The molecule has 12 rings (SSSR count). The first kappa shape index (κ1) is 32.6. The molecule has 11 aromatic rings. The average Bonchev–Trinajstić information content (AvgIpc) is 3.86. The highest BCUT2D eigenvalue weighted by Crippen LogP contribution is 2.40. The van der Waals surface area contributed by atoms with Crippen LogP contribution in [0.25, 0.3) is 110 Å². The second-order valence-corrected chi connectivity index (χ2v) is 15.1. The fourth-order valence-corrected chi connectivity index (χ4v) is 8.62. The second-order valence-electron chi connectivity index (χ2n) is 15.1. The van der Waals surface area contributed by atoms with Crippen molar-refractivity contribution in [2.75, 3.05) is 0 Å². The highest BCUT2D eigenvalue weighted by atomic mass is 16.3. The molecule has 1 aliphatic rings. The van der Waals surface area contributed by atoms with Gasteiger partial charge in [-0.2, -0.15) is 0 Å². The van der Waals surface area contributed by atoms with Crippen molar-refractivity contribution in [3.05, 3.63) is 188 Å². The zero-order chi connectivity index (χ0) is 38.2. The van der Waals surface area contributed by atoms with Crippen LogP contribution < -0.4 is 0 Å². The third-order valence-electron chi connectivity index (χ3n) is 11.6. The summed E-state index contributed by atoms with van der Waals surface area (Å²) >= 11 is 0. The number of benzene rings is 8. The Morgan fingerprint density at radius 2 is 1.03 bits per heavy atom. The van der Waals surface area contributed by atoms with Crippen LogP contribution in [0.3, 0.4) is 0 Å². The van der Waals surface area contributed by atoms with Gasteiger partial charge in [-0.3, -0.25) is 0 Å². The average molecular weight is 744 g/mol. The predicted octanol–water partition coefficient (Wildman–Crippen LogP) is 14.2. The maximum absolute atomic E-state index is 6.43. The van der Waals surface area contributed by atoms with Gasteiger partial charge in [0.2, 0.25) is 0 Å². The van der Waals surface area contributed by atoms with E-state index in [1.807, 2.05) is 24.3 Å². The standard InChI is InChI=1S/C53H33N3O2/c1-2-10-33(11-3-1)51-54-52(56-53(55-51)41-23-25-44-43-13-6-7-15-46(43)58-49(44)31-41)40-22-20-36-28-39(21-19-37(36)29-40)42-14-8-16-48-50(42)45-30-38(24-26-47(45)57-48)35-18-17-32-9-4-5-12-34(32)27-35/h1-10,12-31,33H,11H2. The van der Waals surface area contributed by atoms with E-state index in [0.29, 0.717) is 11.6 Å². The smallest absolute Gasteiger partial charge is 0.163 e. The Kier molecular flexibility index (Phi) is 7.29. The molecule has 0 spiro atoms. The summed E-state index contributed by atoms with van der Waals surface area (Å²) in [6, 6.07) is 55.5. The molecule has 58 heavy (non-hydrogen) atoms. The molecule has 0 bridgehead atoms. The summed E-state index contributed by atoms with van der Waals surface area (Å²) < 4.78 is 12.7. The lowest BCUT2D eigenvalue weighted by Crippen LogP contribution is -2.07. The zero-order valence-electron chi connectivity index (χ0n) is 31.3. The summed E-state index contributed by atoms with van der Waals surface area (Å²) in [6.07, 6.45) is 9.32. The van der Waals surface area contributed by atoms with Crippen LogP contribution in [0.4, 0.5) is 0 Å². The lowest BCUT2D eigenvalue weighted by Gasteiger charge is -2.14. The monoisotopic (exact) mass is 743 g/mol. The van der Waals surface area contributed by atoms with Crippen LogP contribution in [0.2, 0.25) is 0 Å². The highest BCUT2D eigenvalue weighted by Gasteiger charge is 2.19. The molecule has 0 radical (unpaired) electrons. The number of hydrogen-bond donors (Lipinski definition) is 0. The number of fused-ring (bicyclic) bond motifs is 8. The molecule has 1 atom stereocenters. The highest BCUT2D eigenvalue weighted by molar-refractivity contribution is 6.14. The van der Waals surface area contributed by atoms with Gasteiger partial charge in [-0.1, -0.05) is 127 Å². The Balaban J connectivity index is 0.938. The lowest BCUT2D eigenvalue weighted by atomic mass is 9.95. The largest absolute Gasteiger partial charge is 0.456 e. The van der Waals surface area contributed by atoms with Gasteiger partial charge in [0, 0.05) is 38.6 Å². The molecule has 3 heterocycles. The van der Waals surface area contributed by atoms with Gasteiger partial charge in [0.15, 0.2) is 11.6 Å². The van der Waals surface area contributed by atoms with Gasteiger partial charge in [0.25, 0.3) is 0 Å². The summed E-state index contributed by atoms with van der Waals surface area (Å²) in [5, 5.41) is 9.11. The van der Waals surface area contributed by atoms with E-state index in [0.717, 1.165) is 94.7 Å². The Morgan fingerprint density at radius 1 is 0.414 bits per heavy atom. The third kappa shape index (κ3) is 5.43. The van der Waals surface area contributed by atoms with Crippen molar-refractivity contribution in [1.29, 1.82) is 0 Å². The second kappa shape index (κ2) is 13.0. The van der Waals surface area contributed by atoms with Gasteiger partial charge in [-0.15, -0.1) is 0 Å². The van der Waals surface area contributed by atoms with Crippen molar-refractivity contribution in [2.45, 2.75) is 12.3 Å². The van der Waals surface area contributed by atoms with E-state index in [1.165, 1.54) is 16.3 Å². The number of hydrogen-bond acceptors (Lipinski definition) is 5. The van der Waals surface area contributed by atoms with Crippen LogP contribution in [0.15, 0.2) is 191 Å². The topological polar surface area (TPSA) is 65.0 Å². The first-order valence-corrected chi connectivity index (χ1v) is 19.7. The van der Waals surface area contributed by atoms with Crippen LogP contribution in [-0.2, 0) is 0 Å². The first-order chi connectivity index (χ1) is 28.7. The molecular formula is C53H33N3O2. The fraction of sp³-hybridized carbons (Fsp3) is 0.0377. The molecule has 5 nitrogen and oxygen atoms in total. The van der Waals surface area contributed by atoms with Crippen LogP contribution in [0.1, 0.15) is 18.2 Å². The maximum atomic E-state index is 6.43. The molecule has 3 aromatic heterocycles. The molecule has 8 aromatic carbocycles. The van der Waals surface area contributed by atoms with Crippen molar-refractivity contribution >= 4 is 65.4 Å². The van der Waals surface area contributed by atoms with E-state index in [1.54, 1.807) is 0 Å². The normalized spacial score (nSPS) is 14.2. The van der Waals surface area contributed by atoms with E-state index < -0.39 is 0 Å². The summed E-state index contributed by atoms with van der Waals surface area (Å²) in [5.74, 6) is 2.10. The van der Waals surface area contributed by atoms with Gasteiger partial charge < -0.3 is 8.83 Å². The van der Waals surface area contributed by atoms with E-state index in [4.69, 9.17) is 23.8 Å². The molecule has 0 amide bonds. The van der Waals surface area contributed by atoms with Crippen molar-refractivity contribution in [3.63, 3.8) is 0 Å². The number of aromatic nitrogens is 3. The minimum atomic E-state index is 0.0637. The molecule has 0 saturated carbocycles. The SMILES string of the molecule is C1=CCC(c2nc(-c3ccc4cc(-c5cccc6oc7ccc(-c8ccc9ccccc9c8)cc7c56)ccc4c3)nc(-c3ccc4c(c3)oc3ccccc34)n2)C=C1. The Hall–Kier alpha value is -7.63. The number of rotatable bonds is 5. The van der Waals surface area contributed by atoms with Gasteiger partial charge in [-0.05, 0) is 105 Å². The van der Waals surface area contributed by atoms with Crippen molar-refractivity contribution in [1.82, 2.24) is 15.0 Å². The van der Waals surface area contributed by atoms with Crippen molar-refractivity contribution < 1.29 is 8.83 Å². The number of para-hydroxylation sites is 1. The predicted molar refractivity (Wildman–Crippen MR) is 237 cm³/mol. The van der Waals surface area contributed by atoms with Gasteiger partial charge in [0.1, 0.15) is 28.2 Å². The quantitative estimate of drug-likeness (QED) is 0.176. The minimum Gasteiger partial charge on any atom is -0.456 e. The first-order valence-electron chi connectivity index (χ1n) is 19.7. The molecule has 0 aliphatic heterocycles. The van der Waals surface area contributed by atoms with E-state index in [-0.39, 0.29) is 5.92 Å². The van der Waals surface area contributed by atoms with Crippen molar-refractivity contribution in [3.8, 4) is 45.0 Å². The van der Waals surface area contributed by atoms with Crippen molar-refractivity contribution in [2.24, 2.45) is 0 Å². The molecule has 0 saturated heterocycles. The van der Waals surface area contributed by atoms with Crippen LogP contribution in [0.5, 0.6) is 0 Å². The third-order valence-corrected chi connectivity index (χ3v) is 11.6. The Morgan fingerprint density at radius 3 is 1.91 bits per heavy atom. The maximum Gasteiger partial charge on any atom is 0.163 e. The minimum absolute atomic E-state index is 0.0637. The molecule has 1 unspecified atom stereocenters. The van der Waals surface area contributed by atoms with E-state index in [9.17, 15) is 0 Å². The van der Waals surface area contributed by atoms with Crippen LogP contribution in [0, 0.1) is 0 Å². The van der Waals surface area contributed by atoms with Crippen LogP contribution in [-0.4, -0.2) is 15.0 Å². The van der Waals surface area contributed by atoms with Gasteiger partial charge in [0.05, 0.1) is 0 Å². The molecule has 1 aliphatic carbocycles. The Labute approximate surface area is 333 Å². The summed E-state index contributed by atoms with van der Waals surface area (Å²) in [6.45, 7) is 0. The molecule has 272 valence electrons. The summed E-state index contributed by atoms with van der Waals surface area (Å²) in [7, 11) is 0. The summed E-state index contributed by atoms with van der Waals surface area (Å²) in [5.41, 5.74) is 9.89. The Bertz CT molecular complexity index is 3520. The zero-order valence-corrected chi connectivity index (χ0v) is 31.3. The molecule has 5 heteroatoms. The van der Waals surface area contributed by atoms with E-state index >= 15 is 0 Å². The molecule has 0 fully saturated rings. The number of nitrogens with zero attached hydrogens (tertiary/aromatic N) is 3.